The van der Waals surface area contributed by atoms with Crippen molar-refractivity contribution in [2.75, 3.05) is 11.9 Å². The minimum atomic E-state index is -0.232. The van der Waals surface area contributed by atoms with Crippen LogP contribution in [0.3, 0.4) is 0 Å². The molecule has 0 saturated heterocycles. The summed E-state index contributed by atoms with van der Waals surface area (Å²) >= 11 is 5.04. The SMILES string of the molecule is CCC(CC)C1CN=C(Nc2cc(Br)c(F)cc2C)S1. The predicted octanol–water partition coefficient (Wildman–Crippen LogP) is 5.22. The number of amidine groups is 1. The van der Waals surface area contributed by atoms with Crippen LogP contribution < -0.4 is 5.32 Å². The van der Waals surface area contributed by atoms with Crippen LogP contribution in [0.15, 0.2) is 21.6 Å². The molecule has 0 amide bonds. The Labute approximate surface area is 132 Å². The summed E-state index contributed by atoms with van der Waals surface area (Å²) < 4.78 is 13.9. The zero-order valence-electron chi connectivity index (χ0n) is 12.0. The molecule has 0 fully saturated rings. The molecule has 2 rings (SSSR count). The summed E-state index contributed by atoms with van der Waals surface area (Å²) in [5, 5.41) is 4.84. The van der Waals surface area contributed by atoms with Crippen LogP contribution in [0.25, 0.3) is 0 Å². The van der Waals surface area contributed by atoms with Crippen molar-refractivity contribution in [2.24, 2.45) is 10.9 Å². The molecule has 1 aliphatic heterocycles. The molecule has 0 spiro atoms. The number of benzene rings is 1. The first kappa shape index (κ1) is 15.8. The van der Waals surface area contributed by atoms with Gasteiger partial charge in [0, 0.05) is 10.9 Å². The highest BCUT2D eigenvalue weighted by Gasteiger charge is 2.26. The molecule has 20 heavy (non-hydrogen) atoms. The number of nitrogens with zero attached hydrogens (tertiary/aromatic N) is 1. The fraction of sp³-hybridized carbons (Fsp3) is 0.533. The number of anilines is 1. The van der Waals surface area contributed by atoms with Crippen LogP contribution in [-0.2, 0) is 0 Å². The Morgan fingerprint density at radius 1 is 1.45 bits per heavy atom. The maximum Gasteiger partial charge on any atom is 0.161 e. The highest BCUT2D eigenvalue weighted by Crippen LogP contribution is 2.32. The lowest BCUT2D eigenvalue weighted by atomic mass is 9.99. The molecule has 0 aromatic heterocycles. The molecule has 1 unspecified atom stereocenters. The number of aliphatic imine (C=N–C) groups is 1. The van der Waals surface area contributed by atoms with Gasteiger partial charge in [0.15, 0.2) is 5.17 Å². The van der Waals surface area contributed by atoms with Crippen molar-refractivity contribution in [3.63, 3.8) is 0 Å². The van der Waals surface area contributed by atoms with E-state index in [1.54, 1.807) is 6.07 Å². The second-order valence-corrected chi connectivity index (χ2v) is 7.17. The highest BCUT2D eigenvalue weighted by molar-refractivity contribution is 9.10. The first-order chi connectivity index (χ1) is 9.55. The number of halogens is 2. The first-order valence-electron chi connectivity index (χ1n) is 6.98. The first-order valence-corrected chi connectivity index (χ1v) is 8.66. The van der Waals surface area contributed by atoms with E-state index in [9.17, 15) is 4.39 Å². The monoisotopic (exact) mass is 358 g/mol. The quantitative estimate of drug-likeness (QED) is 0.797. The van der Waals surface area contributed by atoms with Gasteiger partial charge in [-0.05, 0) is 46.5 Å². The molecule has 1 aromatic rings. The summed E-state index contributed by atoms with van der Waals surface area (Å²) in [5.74, 6) is 0.480. The van der Waals surface area contributed by atoms with Crippen molar-refractivity contribution >= 4 is 38.5 Å². The van der Waals surface area contributed by atoms with Gasteiger partial charge in [-0.1, -0.05) is 38.5 Å². The van der Waals surface area contributed by atoms with E-state index in [1.807, 2.05) is 18.7 Å². The van der Waals surface area contributed by atoms with Gasteiger partial charge < -0.3 is 5.32 Å². The van der Waals surface area contributed by atoms with Gasteiger partial charge in [-0.25, -0.2) is 4.39 Å². The van der Waals surface area contributed by atoms with E-state index in [0.717, 1.165) is 23.0 Å². The van der Waals surface area contributed by atoms with E-state index in [2.05, 4.69) is 40.1 Å². The molecule has 110 valence electrons. The Hall–Kier alpha value is -0.550. The Balaban J connectivity index is 2.04. The molecule has 0 saturated carbocycles. The number of nitrogens with one attached hydrogen (secondary N) is 1. The highest BCUT2D eigenvalue weighted by atomic mass is 79.9. The van der Waals surface area contributed by atoms with Crippen molar-refractivity contribution in [3.05, 3.63) is 28.0 Å². The van der Waals surface area contributed by atoms with Crippen molar-refractivity contribution < 1.29 is 4.39 Å². The average Bonchev–Trinajstić information content (AvgIpc) is 2.86. The zero-order valence-corrected chi connectivity index (χ0v) is 14.4. The third-order valence-electron chi connectivity index (χ3n) is 3.76. The van der Waals surface area contributed by atoms with Crippen LogP contribution in [0.1, 0.15) is 32.3 Å². The van der Waals surface area contributed by atoms with Gasteiger partial charge in [0.05, 0.1) is 11.0 Å². The average molecular weight is 359 g/mol. The van der Waals surface area contributed by atoms with E-state index in [1.165, 1.54) is 18.9 Å². The van der Waals surface area contributed by atoms with Crippen molar-refractivity contribution in [1.29, 1.82) is 0 Å². The van der Waals surface area contributed by atoms with Gasteiger partial charge in [0.1, 0.15) is 5.82 Å². The Morgan fingerprint density at radius 3 is 2.80 bits per heavy atom. The molecule has 1 aliphatic rings. The Morgan fingerprint density at radius 2 is 2.15 bits per heavy atom. The molecular formula is C15H20BrFN2S. The summed E-state index contributed by atoms with van der Waals surface area (Å²) in [4.78, 5) is 4.58. The van der Waals surface area contributed by atoms with Crippen molar-refractivity contribution in [2.45, 2.75) is 38.9 Å². The minimum Gasteiger partial charge on any atom is -0.335 e. The molecule has 1 heterocycles. The summed E-state index contributed by atoms with van der Waals surface area (Å²) in [6.45, 7) is 7.25. The van der Waals surface area contributed by atoms with Gasteiger partial charge >= 0.3 is 0 Å². The summed E-state index contributed by atoms with van der Waals surface area (Å²) in [6, 6.07) is 3.31. The minimum absolute atomic E-state index is 0.232. The third kappa shape index (κ3) is 3.55. The molecule has 0 aliphatic carbocycles. The lowest BCUT2D eigenvalue weighted by Crippen LogP contribution is -2.17. The maximum atomic E-state index is 13.4. The van der Waals surface area contributed by atoms with Crippen LogP contribution in [0, 0.1) is 18.7 Å². The van der Waals surface area contributed by atoms with Crippen LogP contribution in [0.5, 0.6) is 0 Å². The maximum absolute atomic E-state index is 13.4. The Kier molecular flexibility index (Phi) is 5.49. The molecule has 2 nitrogen and oxygen atoms in total. The van der Waals surface area contributed by atoms with Gasteiger partial charge in [-0.3, -0.25) is 4.99 Å². The smallest absolute Gasteiger partial charge is 0.161 e. The number of hydrogen-bond donors (Lipinski definition) is 1. The number of aryl methyl sites for hydroxylation is 1. The lowest BCUT2D eigenvalue weighted by molar-refractivity contribution is 0.479. The number of rotatable bonds is 4. The van der Waals surface area contributed by atoms with E-state index >= 15 is 0 Å². The van der Waals surface area contributed by atoms with Crippen molar-refractivity contribution in [3.8, 4) is 0 Å². The second-order valence-electron chi connectivity index (χ2n) is 5.08. The topological polar surface area (TPSA) is 24.4 Å². The number of thioether (sulfide) groups is 1. The van der Waals surface area contributed by atoms with E-state index in [4.69, 9.17) is 0 Å². The predicted molar refractivity (Wildman–Crippen MR) is 90.2 cm³/mol. The van der Waals surface area contributed by atoms with Crippen LogP contribution in [0.4, 0.5) is 10.1 Å². The molecule has 5 heteroatoms. The fourth-order valence-electron chi connectivity index (χ4n) is 2.42. The van der Waals surface area contributed by atoms with Gasteiger partial charge in [-0.2, -0.15) is 0 Å². The van der Waals surface area contributed by atoms with Crippen LogP contribution >= 0.6 is 27.7 Å². The van der Waals surface area contributed by atoms with Crippen LogP contribution in [0.2, 0.25) is 0 Å². The molecule has 1 N–H and O–H groups in total. The van der Waals surface area contributed by atoms with Gasteiger partial charge in [-0.15, -0.1) is 0 Å². The van der Waals surface area contributed by atoms with Crippen LogP contribution in [-0.4, -0.2) is 17.0 Å². The van der Waals surface area contributed by atoms with Gasteiger partial charge in [0.25, 0.3) is 0 Å². The van der Waals surface area contributed by atoms with E-state index in [-0.39, 0.29) is 5.82 Å². The second kappa shape index (κ2) is 6.94. The Bertz CT molecular complexity index is 515. The summed E-state index contributed by atoms with van der Waals surface area (Å²) in [7, 11) is 0. The zero-order chi connectivity index (χ0) is 14.7. The normalized spacial score (nSPS) is 18.5. The number of hydrogen-bond acceptors (Lipinski definition) is 3. The molecule has 0 bridgehead atoms. The standard InChI is InChI=1S/C15H20BrFN2S/c1-4-10(5-2)14-8-18-15(20-14)19-13-7-11(16)12(17)6-9(13)3/h6-7,10,14H,4-5,8H2,1-3H3,(H,18,19). The molecular weight excluding hydrogens is 339 g/mol. The largest absolute Gasteiger partial charge is 0.335 e. The third-order valence-corrected chi connectivity index (χ3v) is 5.66. The fourth-order valence-corrected chi connectivity index (χ4v) is 4.09. The molecule has 1 aromatic carbocycles. The summed E-state index contributed by atoms with van der Waals surface area (Å²) in [5.41, 5.74) is 1.80. The summed E-state index contributed by atoms with van der Waals surface area (Å²) in [6.07, 6.45) is 2.39. The molecule has 1 atom stereocenters. The lowest BCUT2D eigenvalue weighted by Gasteiger charge is -2.18. The van der Waals surface area contributed by atoms with E-state index < -0.39 is 0 Å². The van der Waals surface area contributed by atoms with Crippen molar-refractivity contribution in [1.82, 2.24) is 0 Å². The van der Waals surface area contributed by atoms with E-state index in [0.29, 0.717) is 15.6 Å². The van der Waals surface area contributed by atoms with Gasteiger partial charge in [0.2, 0.25) is 0 Å². The molecule has 0 radical (unpaired) electrons.